The maximum atomic E-state index is 13.2. The van der Waals surface area contributed by atoms with Crippen molar-refractivity contribution >= 4 is 46.5 Å². The van der Waals surface area contributed by atoms with E-state index in [1.165, 1.54) is 23.6 Å². The molecule has 44 heavy (non-hydrogen) atoms. The number of nitrogens with zero attached hydrogens (tertiary/aromatic N) is 1. The van der Waals surface area contributed by atoms with E-state index >= 15 is 0 Å². The number of fused-ring (bicyclic) bond motifs is 1. The van der Waals surface area contributed by atoms with Crippen LogP contribution in [0.4, 0.5) is 10.5 Å². The average molecular weight is 622 g/mol. The molecule has 0 atom stereocenters. The zero-order chi connectivity index (χ0) is 32.0. The van der Waals surface area contributed by atoms with Crippen LogP contribution in [0, 0.1) is 0 Å². The van der Waals surface area contributed by atoms with Crippen LogP contribution in [0.1, 0.15) is 41.6 Å². The average Bonchev–Trinajstić information content (AvgIpc) is 3.43. The molecule has 2 heterocycles. The molecule has 0 radical (unpaired) electrons. The van der Waals surface area contributed by atoms with Crippen LogP contribution in [0.2, 0.25) is 0 Å². The van der Waals surface area contributed by atoms with Gasteiger partial charge in [0.25, 0.3) is 11.5 Å². The number of ether oxygens (including phenoxy) is 3. The fraction of sp³-hybridized carbons (Fsp3) is 0.290. The molecule has 2 aromatic heterocycles. The number of methoxy groups -OCH3 is 1. The highest BCUT2D eigenvalue weighted by Gasteiger charge is 2.23. The molecule has 0 unspecified atom stereocenters. The molecule has 0 saturated carbocycles. The quantitative estimate of drug-likeness (QED) is 0.108. The van der Waals surface area contributed by atoms with Crippen molar-refractivity contribution in [1.82, 2.24) is 20.2 Å². The van der Waals surface area contributed by atoms with Crippen LogP contribution in [0.15, 0.2) is 59.5 Å². The van der Waals surface area contributed by atoms with Crippen LogP contribution in [-0.2, 0) is 16.5 Å². The summed E-state index contributed by atoms with van der Waals surface area (Å²) in [6.45, 7) is 5.55. The van der Waals surface area contributed by atoms with Gasteiger partial charge in [-0.25, -0.2) is 9.59 Å². The Morgan fingerprint density at radius 1 is 1.00 bits per heavy atom. The Bertz CT molecular complexity index is 1740. The van der Waals surface area contributed by atoms with Gasteiger partial charge in [-0.2, -0.15) is 0 Å². The number of pyridine rings is 1. The zero-order valence-corrected chi connectivity index (χ0v) is 26.1. The molecule has 0 spiro atoms. The van der Waals surface area contributed by atoms with Crippen molar-refractivity contribution in [3.05, 3.63) is 76.3 Å². The van der Waals surface area contributed by atoms with Gasteiger partial charge in [0.15, 0.2) is 0 Å². The summed E-state index contributed by atoms with van der Waals surface area (Å²) in [5, 5.41) is 5.79. The van der Waals surface area contributed by atoms with Crippen LogP contribution in [0.5, 0.6) is 11.5 Å². The molecule has 0 fully saturated rings. The Morgan fingerprint density at radius 2 is 1.70 bits per heavy atom. The van der Waals surface area contributed by atoms with Crippen LogP contribution < -0.4 is 25.7 Å². The lowest BCUT2D eigenvalue weighted by Crippen LogP contribution is -2.37. The van der Waals surface area contributed by atoms with Crippen LogP contribution in [0.3, 0.4) is 0 Å². The van der Waals surface area contributed by atoms with Gasteiger partial charge < -0.3 is 39.1 Å². The van der Waals surface area contributed by atoms with Crippen LogP contribution in [0.25, 0.3) is 22.0 Å². The monoisotopic (exact) mass is 621 g/mol. The molecule has 0 aliphatic rings. The minimum absolute atomic E-state index is 0.131. The molecule has 4 rings (SSSR count). The van der Waals surface area contributed by atoms with E-state index in [9.17, 15) is 19.2 Å². The summed E-state index contributed by atoms with van der Waals surface area (Å²) in [7, 11) is 2.91. The molecule has 0 bridgehead atoms. The molecule has 2 amide bonds. The fourth-order valence-electron chi connectivity index (χ4n) is 4.38. The number of aryl methyl sites for hydroxylation is 1. The van der Waals surface area contributed by atoms with Crippen molar-refractivity contribution in [2.75, 3.05) is 31.2 Å². The normalized spacial score (nSPS) is 11.1. The molecule has 0 saturated heterocycles. The number of hydrogen-bond donors (Lipinski definition) is 4. The molecule has 0 aliphatic carbocycles. The maximum Gasteiger partial charge on any atom is 0.407 e. The number of esters is 1. The smallest absolute Gasteiger partial charge is 0.407 e. The molecular weight excluding hydrogens is 586 g/mol. The van der Waals surface area contributed by atoms with Gasteiger partial charge in [0.1, 0.15) is 28.3 Å². The van der Waals surface area contributed by atoms with Crippen molar-refractivity contribution in [1.29, 1.82) is 0 Å². The Kier molecular flexibility index (Phi) is 9.89. The topological polar surface area (TPSA) is 153 Å². The highest BCUT2D eigenvalue weighted by molar-refractivity contribution is 7.99. The number of anilines is 1. The second-order valence-corrected chi connectivity index (χ2v) is 11.3. The number of nitrogens with one attached hydrogen (secondary N) is 4. The first-order chi connectivity index (χ1) is 20.9. The van der Waals surface area contributed by atoms with E-state index in [1.807, 2.05) is 24.5 Å². The highest BCUT2D eigenvalue weighted by atomic mass is 32.2. The van der Waals surface area contributed by atoms with Gasteiger partial charge in [-0.15, -0.1) is 0 Å². The molecular formula is C31H35N5O7S. The number of aromatic amines is 1. The first-order valence-corrected chi connectivity index (χ1v) is 14.9. The summed E-state index contributed by atoms with van der Waals surface area (Å²) in [5.41, 5.74) is 1.26. The summed E-state index contributed by atoms with van der Waals surface area (Å²) in [6.07, 6.45) is 2.88. The number of rotatable bonds is 10. The number of hydrogen-bond acceptors (Lipinski definition) is 9. The van der Waals surface area contributed by atoms with Gasteiger partial charge in [0.2, 0.25) is 0 Å². The van der Waals surface area contributed by atoms with Gasteiger partial charge in [-0.1, -0.05) is 30.1 Å². The zero-order valence-electron chi connectivity index (χ0n) is 25.3. The van der Waals surface area contributed by atoms with Crippen molar-refractivity contribution < 1.29 is 28.6 Å². The first kappa shape index (κ1) is 32.0. The Balaban J connectivity index is 1.74. The minimum atomic E-state index is -0.639. The van der Waals surface area contributed by atoms with Crippen molar-refractivity contribution in [3.8, 4) is 22.6 Å². The van der Waals surface area contributed by atoms with E-state index in [-0.39, 0.29) is 35.4 Å². The summed E-state index contributed by atoms with van der Waals surface area (Å²) < 4.78 is 21.0. The van der Waals surface area contributed by atoms with E-state index < -0.39 is 23.6 Å². The standard InChI is InChI=1S/C31H35N5O7S/c1-31(2,3)43-30(40)33-13-12-32-27(37)24-15-20-22(17-36(4)28(38)26(20)34-24)19-14-23(35-44-6)21(29(39)41-5)16-25(19)42-18-10-8-7-9-11-18/h7-11,14-17,34-35H,12-13H2,1-6H3,(H,32,37)(H,33,40). The number of H-pyrrole nitrogens is 1. The van der Waals surface area contributed by atoms with Gasteiger partial charge in [0, 0.05) is 49.1 Å². The number of amides is 2. The molecule has 232 valence electrons. The number of para-hydroxylation sites is 1. The van der Waals surface area contributed by atoms with Crippen LogP contribution >= 0.6 is 11.9 Å². The van der Waals surface area contributed by atoms with Crippen LogP contribution in [-0.4, -0.2) is 59.6 Å². The molecule has 2 aromatic carbocycles. The van der Waals surface area contributed by atoms with Gasteiger partial charge >= 0.3 is 12.1 Å². The lowest BCUT2D eigenvalue weighted by Gasteiger charge is -2.19. The summed E-state index contributed by atoms with van der Waals surface area (Å²) in [5.74, 6) is -0.154. The second-order valence-electron chi connectivity index (χ2n) is 10.7. The third kappa shape index (κ3) is 7.53. The van der Waals surface area contributed by atoms with E-state index in [1.54, 1.807) is 64.3 Å². The highest BCUT2D eigenvalue weighted by Crippen LogP contribution is 2.41. The first-order valence-electron chi connectivity index (χ1n) is 13.7. The van der Waals surface area contributed by atoms with Crippen molar-refractivity contribution in [3.63, 3.8) is 0 Å². The van der Waals surface area contributed by atoms with E-state index in [0.717, 1.165) is 0 Å². The lowest BCUT2D eigenvalue weighted by molar-refractivity contribution is 0.0525. The lowest BCUT2D eigenvalue weighted by atomic mass is 9.99. The summed E-state index contributed by atoms with van der Waals surface area (Å²) in [4.78, 5) is 53.7. The van der Waals surface area contributed by atoms with Gasteiger partial charge in [-0.3, -0.25) is 9.59 Å². The largest absolute Gasteiger partial charge is 0.465 e. The van der Waals surface area contributed by atoms with E-state index in [4.69, 9.17) is 14.2 Å². The SMILES string of the molecule is COC(=O)c1cc(Oc2ccccc2)c(-c2cn(C)c(=O)c3[nH]c(C(=O)NCCNC(=O)OC(C)(C)C)cc23)cc1NSC. The van der Waals surface area contributed by atoms with Crippen molar-refractivity contribution in [2.24, 2.45) is 7.05 Å². The van der Waals surface area contributed by atoms with E-state index in [2.05, 4.69) is 20.3 Å². The Hall–Kier alpha value is -4.91. The minimum Gasteiger partial charge on any atom is -0.465 e. The third-order valence-corrected chi connectivity index (χ3v) is 6.71. The predicted octanol–water partition coefficient (Wildman–Crippen LogP) is 5.06. The fourth-order valence-corrected chi connectivity index (χ4v) is 4.77. The molecule has 13 heteroatoms. The maximum absolute atomic E-state index is 13.2. The third-order valence-electron chi connectivity index (χ3n) is 6.29. The number of benzene rings is 2. The van der Waals surface area contributed by atoms with Gasteiger partial charge in [0.05, 0.1) is 18.4 Å². The summed E-state index contributed by atoms with van der Waals surface area (Å²) >= 11 is 1.29. The molecule has 0 aliphatic heterocycles. The summed E-state index contributed by atoms with van der Waals surface area (Å²) in [6, 6.07) is 14.0. The van der Waals surface area contributed by atoms with Gasteiger partial charge in [-0.05, 0) is 51.1 Å². The number of carbonyl (C=O) groups excluding carboxylic acids is 3. The molecule has 12 nitrogen and oxygen atoms in total. The second kappa shape index (κ2) is 13.6. The van der Waals surface area contributed by atoms with Crippen molar-refractivity contribution in [2.45, 2.75) is 26.4 Å². The predicted molar refractivity (Wildman–Crippen MR) is 171 cm³/mol. The molecule has 4 N–H and O–H groups in total. The Morgan fingerprint density at radius 3 is 2.36 bits per heavy atom. The Labute approximate surface area is 258 Å². The number of alkyl carbamates (subject to hydrolysis) is 1. The number of carbonyl (C=O) groups is 3. The number of aromatic nitrogens is 2. The molecule has 4 aromatic rings. The van der Waals surface area contributed by atoms with E-state index in [0.29, 0.717) is 33.7 Å².